The molecule has 0 saturated carbocycles. The quantitative estimate of drug-likeness (QED) is 0.138. The SMILES string of the molecule is CCCCCCCCCCCCCCCCCCCC(=O)N[C@H](CCCC(=O)O)C(=O)O. The van der Waals surface area contributed by atoms with E-state index in [0.717, 1.165) is 19.3 Å². The predicted molar refractivity (Wildman–Crippen MR) is 130 cm³/mol. The number of unbranched alkanes of at least 4 members (excludes halogenated alkanes) is 16. The summed E-state index contributed by atoms with van der Waals surface area (Å²) in [5, 5.41) is 20.3. The highest BCUT2D eigenvalue weighted by Crippen LogP contribution is 2.14. The van der Waals surface area contributed by atoms with Crippen LogP contribution in [0, 0.1) is 0 Å². The summed E-state index contributed by atoms with van der Waals surface area (Å²) < 4.78 is 0. The molecule has 0 aliphatic carbocycles. The van der Waals surface area contributed by atoms with Crippen LogP contribution in [-0.2, 0) is 14.4 Å². The molecule has 0 spiro atoms. The molecule has 0 fully saturated rings. The Morgan fingerprint density at radius 3 is 1.38 bits per heavy atom. The van der Waals surface area contributed by atoms with Gasteiger partial charge < -0.3 is 15.5 Å². The molecule has 6 nitrogen and oxygen atoms in total. The Hall–Kier alpha value is -1.59. The van der Waals surface area contributed by atoms with Gasteiger partial charge in [0.05, 0.1) is 0 Å². The van der Waals surface area contributed by atoms with E-state index >= 15 is 0 Å². The molecule has 1 atom stereocenters. The number of carboxylic acid groups (broad SMARTS) is 2. The molecule has 6 heteroatoms. The molecule has 1 amide bonds. The van der Waals surface area contributed by atoms with Gasteiger partial charge in [0, 0.05) is 12.8 Å². The largest absolute Gasteiger partial charge is 0.481 e. The number of hydrogen-bond donors (Lipinski definition) is 3. The summed E-state index contributed by atoms with van der Waals surface area (Å²) in [6.45, 7) is 2.26. The van der Waals surface area contributed by atoms with Crippen LogP contribution in [0.2, 0.25) is 0 Å². The molecule has 0 bridgehead atoms. The van der Waals surface area contributed by atoms with Gasteiger partial charge in [-0.1, -0.05) is 110 Å². The van der Waals surface area contributed by atoms with Crippen molar-refractivity contribution in [3.63, 3.8) is 0 Å². The smallest absolute Gasteiger partial charge is 0.326 e. The van der Waals surface area contributed by atoms with Crippen LogP contribution in [-0.4, -0.2) is 34.1 Å². The van der Waals surface area contributed by atoms with Crippen LogP contribution in [0.25, 0.3) is 0 Å². The highest BCUT2D eigenvalue weighted by molar-refractivity contribution is 5.83. The summed E-state index contributed by atoms with van der Waals surface area (Å²) in [4.78, 5) is 33.6. The first-order chi connectivity index (χ1) is 15.5. The third-order valence-corrected chi connectivity index (χ3v) is 6.02. The van der Waals surface area contributed by atoms with Crippen LogP contribution in [0.4, 0.5) is 0 Å². The summed E-state index contributed by atoms with van der Waals surface area (Å²) >= 11 is 0. The number of nitrogens with one attached hydrogen (secondary N) is 1. The second-order valence-corrected chi connectivity index (χ2v) is 9.15. The van der Waals surface area contributed by atoms with Crippen LogP contribution in [0.3, 0.4) is 0 Å². The number of carboxylic acids is 2. The Morgan fingerprint density at radius 1 is 0.594 bits per heavy atom. The molecular weight excluding hydrogens is 406 g/mol. The van der Waals surface area contributed by atoms with E-state index in [-0.39, 0.29) is 25.2 Å². The normalized spacial score (nSPS) is 11.9. The summed E-state index contributed by atoms with van der Waals surface area (Å²) in [5.74, 6) is -2.32. The van der Waals surface area contributed by atoms with E-state index in [0.29, 0.717) is 6.42 Å². The van der Waals surface area contributed by atoms with Gasteiger partial charge in [-0.25, -0.2) is 4.79 Å². The first-order valence-electron chi connectivity index (χ1n) is 13.2. The van der Waals surface area contributed by atoms with Crippen molar-refractivity contribution in [3.8, 4) is 0 Å². The number of amides is 1. The highest BCUT2D eigenvalue weighted by Gasteiger charge is 2.19. The van der Waals surface area contributed by atoms with Crippen LogP contribution < -0.4 is 5.32 Å². The van der Waals surface area contributed by atoms with Gasteiger partial charge in [0.1, 0.15) is 6.04 Å². The van der Waals surface area contributed by atoms with Crippen LogP contribution in [0.1, 0.15) is 142 Å². The third kappa shape index (κ3) is 21.6. The molecule has 0 aliphatic rings. The maximum Gasteiger partial charge on any atom is 0.326 e. The molecule has 0 rings (SSSR count). The minimum Gasteiger partial charge on any atom is -0.481 e. The lowest BCUT2D eigenvalue weighted by Gasteiger charge is -2.14. The lowest BCUT2D eigenvalue weighted by atomic mass is 10.0. The van der Waals surface area contributed by atoms with Crippen LogP contribution >= 0.6 is 0 Å². The monoisotopic (exact) mass is 455 g/mol. The number of rotatable bonds is 24. The number of carbonyl (C=O) groups is 3. The van der Waals surface area contributed by atoms with E-state index in [2.05, 4.69) is 12.2 Å². The fourth-order valence-electron chi connectivity index (χ4n) is 3.99. The minimum absolute atomic E-state index is 0.0845. The van der Waals surface area contributed by atoms with Crippen molar-refractivity contribution in [1.82, 2.24) is 5.32 Å². The van der Waals surface area contributed by atoms with Crippen molar-refractivity contribution in [2.75, 3.05) is 0 Å². The molecule has 188 valence electrons. The van der Waals surface area contributed by atoms with Gasteiger partial charge >= 0.3 is 11.9 Å². The average molecular weight is 456 g/mol. The van der Waals surface area contributed by atoms with E-state index in [1.54, 1.807) is 0 Å². The predicted octanol–water partition coefficient (Wildman–Crippen LogP) is 6.85. The Labute approximate surface area is 195 Å². The van der Waals surface area contributed by atoms with Crippen molar-refractivity contribution in [1.29, 1.82) is 0 Å². The fourth-order valence-corrected chi connectivity index (χ4v) is 3.99. The van der Waals surface area contributed by atoms with Gasteiger partial charge in [0.15, 0.2) is 0 Å². The number of aliphatic carboxylic acids is 2. The second-order valence-electron chi connectivity index (χ2n) is 9.15. The highest BCUT2D eigenvalue weighted by atomic mass is 16.4. The zero-order valence-corrected chi connectivity index (χ0v) is 20.5. The third-order valence-electron chi connectivity index (χ3n) is 6.02. The van der Waals surface area contributed by atoms with Gasteiger partial charge in [-0.2, -0.15) is 0 Å². The number of hydrogen-bond acceptors (Lipinski definition) is 3. The number of carbonyl (C=O) groups excluding carboxylic acids is 1. The molecule has 0 unspecified atom stereocenters. The van der Waals surface area contributed by atoms with E-state index in [1.807, 2.05) is 0 Å². The van der Waals surface area contributed by atoms with Crippen molar-refractivity contribution in [2.45, 2.75) is 148 Å². The maximum absolute atomic E-state index is 11.9. The molecule has 0 heterocycles. The zero-order valence-electron chi connectivity index (χ0n) is 20.5. The molecule has 0 radical (unpaired) electrons. The maximum atomic E-state index is 11.9. The van der Waals surface area contributed by atoms with Gasteiger partial charge in [0.25, 0.3) is 0 Å². The average Bonchev–Trinajstić information content (AvgIpc) is 2.74. The summed E-state index contributed by atoms with van der Waals surface area (Å²) in [5.41, 5.74) is 0. The molecule has 0 saturated heterocycles. The van der Waals surface area contributed by atoms with E-state index < -0.39 is 18.0 Å². The van der Waals surface area contributed by atoms with Crippen molar-refractivity contribution in [3.05, 3.63) is 0 Å². The van der Waals surface area contributed by atoms with Gasteiger partial charge in [-0.15, -0.1) is 0 Å². The lowest BCUT2D eigenvalue weighted by molar-refractivity contribution is -0.142. The molecule has 0 aromatic rings. The van der Waals surface area contributed by atoms with Crippen LogP contribution in [0.15, 0.2) is 0 Å². The van der Waals surface area contributed by atoms with Crippen molar-refractivity contribution < 1.29 is 24.6 Å². The van der Waals surface area contributed by atoms with Gasteiger partial charge in [0.2, 0.25) is 5.91 Å². The Balaban J connectivity index is 3.44. The zero-order chi connectivity index (χ0) is 23.9. The van der Waals surface area contributed by atoms with E-state index in [1.165, 1.54) is 89.9 Å². The molecule has 3 N–H and O–H groups in total. The van der Waals surface area contributed by atoms with E-state index in [9.17, 15) is 14.4 Å². The Bertz CT molecular complexity index is 481. The summed E-state index contributed by atoms with van der Waals surface area (Å²) in [7, 11) is 0. The molecular formula is C26H49NO5. The fraction of sp³-hybridized carbons (Fsp3) is 0.885. The summed E-state index contributed by atoms with van der Waals surface area (Å²) in [6.07, 6.45) is 22.5. The standard InChI is InChI=1S/C26H49NO5/c1-2-3-4-5-6-7-8-9-10-11-12-13-14-15-16-17-18-21-24(28)27-23(26(31)32)20-19-22-25(29)30/h23H,2-22H2,1H3,(H,27,28)(H,29,30)(H,31,32)/t23-/m1/s1. The minimum atomic E-state index is -1.11. The topological polar surface area (TPSA) is 104 Å². The lowest BCUT2D eigenvalue weighted by Crippen LogP contribution is -2.40. The first-order valence-corrected chi connectivity index (χ1v) is 13.2. The Kier molecular flexibility index (Phi) is 21.5. The van der Waals surface area contributed by atoms with E-state index in [4.69, 9.17) is 10.2 Å². The molecule has 0 aromatic heterocycles. The summed E-state index contributed by atoms with van der Waals surface area (Å²) in [6, 6.07) is -0.993. The van der Waals surface area contributed by atoms with Crippen LogP contribution in [0.5, 0.6) is 0 Å². The molecule has 32 heavy (non-hydrogen) atoms. The molecule has 0 aromatic carbocycles. The van der Waals surface area contributed by atoms with Crippen molar-refractivity contribution in [2.24, 2.45) is 0 Å². The van der Waals surface area contributed by atoms with Gasteiger partial charge in [-0.3, -0.25) is 9.59 Å². The second kappa shape index (κ2) is 22.6. The Morgan fingerprint density at radius 2 is 1.00 bits per heavy atom. The van der Waals surface area contributed by atoms with Crippen molar-refractivity contribution >= 4 is 17.8 Å². The van der Waals surface area contributed by atoms with Gasteiger partial charge in [-0.05, 0) is 19.3 Å². The first kappa shape index (κ1) is 30.4. The molecule has 0 aliphatic heterocycles.